The molecule has 7 heteroatoms. The molecule has 3 heterocycles. The molecule has 3 aliphatic rings. The van der Waals surface area contributed by atoms with Crippen LogP contribution in [0.5, 0.6) is 0 Å². The van der Waals surface area contributed by atoms with Crippen molar-refractivity contribution >= 4 is 11.6 Å². The number of anilines is 1. The van der Waals surface area contributed by atoms with Crippen LogP contribution in [0, 0.1) is 0 Å². The van der Waals surface area contributed by atoms with Gasteiger partial charge in [-0.2, -0.15) is 0 Å². The Hall–Kier alpha value is -1.51. The molecular formula is C17H25N3O4+2. The van der Waals surface area contributed by atoms with E-state index in [1.54, 1.807) is 0 Å². The third kappa shape index (κ3) is 2.53. The molecule has 0 saturated carbocycles. The quantitative estimate of drug-likeness (QED) is 0.548. The van der Waals surface area contributed by atoms with Gasteiger partial charge in [0.15, 0.2) is 6.67 Å². The predicted octanol–water partition coefficient (Wildman–Crippen LogP) is -3.03. The number of nitrogens with one attached hydrogen (secondary N) is 2. The minimum atomic E-state index is -1.22. The molecule has 0 unspecified atom stereocenters. The topological polar surface area (TPSA) is 67.9 Å². The summed E-state index contributed by atoms with van der Waals surface area (Å²) in [6, 6.07) is 7.77. The van der Waals surface area contributed by atoms with Crippen molar-refractivity contribution in [2.75, 3.05) is 64.1 Å². The van der Waals surface area contributed by atoms with Crippen molar-refractivity contribution in [3.05, 3.63) is 29.8 Å². The smallest absolute Gasteiger partial charge is 0.296 e. The highest BCUT2D eigenvalue weighted by Crippen LogP contribution is 2.44. The van der Waals surface area contributed by atoms with E-state index >= 15 is 0 Å². The van der Waals surface area contributed by atoms with E-state index in [1.165, 1.54) is 9.80 Å². The van der Waals surface area contributed by atoms with Crippen molar-refractivity contribution in [3.63, 3.8) is 0 Å². The molecule has 0 atom stereocenters. The summed E-state index contributed by atoms with van der Waals surface area (Å²) in [5.41, 5.74) is 1.73. The van der Waals surface area contributed by atoms with E-state index in [9.17, 15) is 4.79 Å². The number of aliphatic hydroxyl groups excluding tert-OH is 1. The zero-order valence-electron chi connectivity index (χ0n) is 13.8. The lowest BCUT2D eigenvalue weighted by molar-refractivity contribution is -1.01. The zero-order chi connectivity index (χ0) is 16.6. The van der Waals surface area contributed by atoms with Crippen molar-refractivity contribution in [1.82, 2.24) is 0 Å². The molecule has 1 aromatic carbocycles. The first-order valence-electron chi connectivity index (χ1n) is 8.72. The van der Waals surface area contributed by atoms with Crippen molar-refractivity contribution < 1.29 is 29.2 Å². The number of rotatable bonds is 4. The number of fused-ring (bicyclic) bond motifs is 2. The Morgan fingerprint density at radius 1 is 1.08 bits per heavy atom. The van der Waals surface area contributed by atoms with E-state index in [-0.39, 0.29) is 12.5 Å². The second-order valence-corrected chi connectivity index (χ2v) is 6.70. The number of para-hydroxylation sites is 1. The molecule has 3 N–H and O–H groups in total. The molecule has 1 amide bonds. The van der Waals surface area contributed by atoms with Gasteiger partial charge in [-0.05, 0) is 6.07 Å². The Morgan fingerprint density at radius 3 is 2.46 bits per heavy atom. The van der Waals surface area contributed by atoms with Gasteiger partial charge in [-0.1, -0.05) is 18.2 Å². The van der Waals surface area contributed by atoms with Crippen molar-refractivity contribution in [3.8, 4) is 0 Å². The maximum Gasteiger partial charge on any atom is 0.296 e. The van der Waals surface area contributed by atoms with Gasteiger partial charge in [0, 0.05) is 5.56 Å². The number of hydrogen-bond acceptors (Lipinski definition) is 4. The average Bonchev–Trinajstić information content (AvgIpc) is 3.19. The molecule has 24 heavy (non-hydrogen) atoms. The first-order chi connectivity index (χ1) is 11.7. The number of amides is 1. The van der Waals surface area contributed by atoms with E-state index < -0.39 is 5.79 Å². The number of benzene rings is 1. The van der Waals surface area contributed by atoms with Gasteiger partial charge < -0.3 is 24.4 Å². The fourth-order valence-corrected chi connectivity index (χ4v) is 3.98. The van der Waals surface area contributed by atoms with Crippen LogP contribution in [0.3, 0.4) is 0 Å². The van der Waals surface area contributed by atoms with Gasteiger partial charge in [0.1, 0.15) is 32.7 Å². The Kier molecular flexibility index (Phi) is 4.28. The molecule has 1 aromatic rings. The fourth-order valence-electron chi connectivity index (χ4n) is 3.98. The number of carbonyl (C=O) groups is 1. The van der Waals surface area contributed by atoms with Crippen molar-refractivity contribution in [1.29, 1.82) is 0 Å². The molecule has 4 rings (SSSR count). The van der Waals surface area contributed by atoms with Gasteiger partial charge in [-0.25, -0.2) is 0 Å². The van der Waals surface area contributed by atoms with E-state index in [0.717, 1.165) is 44.0 Å². The van der Waals surface area contributed by atoms with Crippen LogP contribution in [0.4, 0.5) is 5.69 Å². The van der Waals surface area contributed by atoms with E-state index in [2.05, 4.69) is 0 Å². The molecule has 7 nitrogen and oxygen atoms in total. The van der Waals surface area contributed by atoms with Crippen LogP contribution in [-0.2, 0) is 20.1 Å². The Balaban J connectivity index is 1.51. The summed E-state index contributed by atoms with van der Waals surface area (Å²) in [4.78, 5) is 17.7. The number of quaternary nitrogens is 2. The lowest BCUT2D eigenvalue weighted by Crippen LogP contribution is -3.28. The monoisotopic (exact) mass is 335 g/mol. The second-order valence-electron chi connectivity index (χ2n) is 6.70. The fraction of sp³-hybridized carbons (Fsp3) is 0.588. The number of nitrogens with zero attached hydrogens (tertiary/aromatic N) is 1. The summed E-state index contributed by atoms with van der Waals surface area (Å²) in [6.07, 6.45) is 0. The summed E-state index contributed by atoms with van der Waals surface area (Å²) in [6.45, 7) is 6.62. The van der Waals surface area contributed by atoms with Crippen LogP contribution in [0.2, 0.25) is 0 Å². The summed E-state index contributed by atoms with van der Waals surface area (Å²) in [5.74, 6) is -1.32. The van der Waals surface area contributed by atoms with Crippen LogP contribution in [-0.4, -0.2) is 70.2 Å². The van der Waals surface area contributed by atoms with Gasteiger partial charge in [0.2, 0.25) is 0 Å². The van der Waals surface area contributed by atoms with Crippen molar-refractivity contribution in [2.24, 2.45) is 0 Å². The van der Waals surface area contributed by atoms with E-state index in [1.807, 2.05) is 29.2 Å². The summed E-state index contributed by atoms with van der Waals surface area (Å²) in [5, 5.41) is 9.07. The van der Waals surface area contributed by atoms with Crippen LogP contribution >= 0.6 is 0 Å². The molecule has 0 aromatic heterocycles. The van der Waals surface area contributed by atoms with E-state index in [0.29, 0.717) is 19.9 Å². The average molecular weight is 335 g/mol. The lowest BCUT2D eigenvalue weighted by atomic mass is 10.1. The number of ether oxygens (including phenoxy) is 2. The summed E-state index contributed by atoms with van der Waals surface area (Å²) < 4.78 is 11.5. The molecule has 0 aliphatic carbocycles. The van der Waals surface area contributed by atoms with Crippen LogP contribution in [0.15, 0.2) is 24.3 Å². The Morgan fingerprint density at radius 2 is 1.75 bits per heavy atom. The molecule has 130 valence electrons. The molecule has 2 saturated heterocycles. The minimum Gasteiger partial charge on any atom is -0.391 e. The SMILES string of the molecule is O=C1N(C[NH+]2CC[NH+](CCO)CC2)c2ccccc2C12OCCO2. The summed E-state index contributed by atoms with van der Waals surface area (Å²) >= 11 is 0. The van der Waals surface area contributed by atoms with Gasteiger partial charge in [-0.3, -0.25) is 9.69 Å². The predicted molar refractivity (Wildman–Crippen MR) is 85.7 cm³/mol. The van der Waals surface area contributed by atoms with Crippen LogP contribution in [0.1, 0.15) is 5.56 Å². The number of aliphatic hydroxyl groups is 1. The molecule has 2 fully saturated rings. The van der Waals surface area contributed by atoms with Crippen LogP contribution in [0.25, 0.3) is 0 Å². The highest BCUT2D eigenvalue weighted by Gasteiger charge is 2.56. The highest BCUT2D eigenvalue weighted by molar-refractivity contribution is 6.06. The lowest BCUT2D eigenvalue weighted by Gasteiger charge is -2.32. The first-order valence-corrected chi connectivity index (χ1v) is 8.72. The number of piperazine rings is 1. The Labute approximate surface area is 141 Å². The number of carbonyl (C=O) groups excluding carboxylic acids is 1. The highest BCUT2D eigenvalue weighted by atomic mass is 16.7. The third-order valence-corrected chi connectivity index (χ3v) is 5.28. The van der Waals surface area contributed by atoms with E-state index in [4.69, 9.17) is 14.6 Å². The minimum absolute atomic E-state index is 0.0983. The first kappa shape index (κ1) is 16.0. The molecule has 0 radical (unpaired) electrons. The molecule has 3 aliphatic heterocycles. The molecule has 0 bridgehead atoms. The zero-order valence-corrected chi connectivity index (χ0v) is 13.8. The third-order valence-electron chi connectivity index (χ3n) is 5.28. The number of hydrogen-bond donors (Lipinski definition) is 3. The van der Waals surface area contributed by atoms with Gasteiger partial charge in [-0.15, -0.1) is 0 Å². The maximum absolute atomic E-state index is 13.1. The van der Waals surface area contributed by atoms with Crippen molar-refractivity contribution in [2.45, 2.75) is 5.79 Å². The maximum atomic E-state index is 13.1. The summed E-state index contributed by atoms with van der Waals surface area (Å²) in [7, 11) is 0. The van der Waals surface area contributed by atoms with Gasteiger partial charge >= 0.3 is 0 Å². The van der Waals surface area contributed by atoms with Crippen LogP contribution < -0.4 is 14.7 Å². The standard InChI is InChI=1S/C17H23N3O4/c21-10-9-18-5-7-19(8-6-18)13-20-15-4-2-1-3-14(15)17(16(20)22)23-11-12-24-17/h1-4,21H,5-13H2/p+2. The molecule has 1 spiro atoms. The van der Waals surface area contributed by atoms with Gasteiger partial charge in [0.05, 0.1) is 25.5 Å². The Bertz CT molecular complexity index is 610. The normalized spacial score (nSPS) is 28.5. The molecular weight excluding hydrogens is 310 g/mol. The second kappa shape index (κ2) is 6.42. The largest absolute Gasteiger partial charge is 0.391 e. The van der Waals surface area contributed by atoms with Gasteiger partial charge in [0.25, 0.3) is 11.7 Å².